The first kappa shape index (κ1) is 12.9. The molecule has 20 heavy (non-hydrogen) atoms. The van der Waals surface area contributed by atoms with Gasteiger partial charge in [-0.05, 0) is 12.8 Å². The number of fused-ring (bicyclic) bond motifs is 1. The van der Waals surface area contributed by atoms with E-state index in [1.807, 2.05) is 0 Å². The topological polar surface area (TPSA) is 50.5 Å². The van der Waals surface area contributed by atoms with Crippen molar-refractivity contribution in [2.45, 2.75) is 24.6 Å². The average Bonchev–Trinajstić information content (AvgIpc) is 3.12. The van der Waals surface area contributed by atoms with Gasteiger partial charge < -0.3 is 4.90 Å². The lowest BCUT2D eigenvalue weighted by Crippen LogP contribution is -2.49. The molecule has 2 aromatic heterocycles. The fraction of sp³-hybridized carbons (Fsp3) is 0.417. The van der Waals surface area contributed by atoms with Gasteiger partial charge in [0.1, 0.15) is 5.54 Å². The van der Waals surface area contributed by atoms with Crippen LogP contribution in [0.1, 0.15) is 23.2 Å². The SMILES string of the molecule is CN(C(=O)c1cnn2ccncc12)C1(C(F)(F)F)CC1. The van der Waals surface area contributed by atoms with Gasteiger partial charge in [-0.25, -0.2) is 4.52 Å². The highest BCUT2D eigenvalue weighted by Crippen LogP contribution is 2.53. The van der Waals surface area contributed by atoms with Gasteiger partial charge in [0, 0.05) is 19.4 Å². The van der Waals surface area contributed by atoms with E-state index in [-0.39, 0.29) is 18.4 Å². The normalized spacial score (nSPS) is 17.2. The van der Waals surface area contributed by atoms with Crippen molar-refractivity contribution >= 4 is 11.4 Å². The maximum absolute atomic E-state index is 13.0. The number of aromatic nitrogens is 3. The van der Waals surface area contributed by atoms with Crippen molar-refractivity contribution < 1.29 is 18.0 Å². The predicted octanol–water partition coefficient (Wildman–Crippen LogP) is 1.90. The van der Waals surface area contributed by atoms with Gasteiger partial charge in [0.25, 0.3) is 5.91 Å². The highest BCUT2D eigenvalue weighted by Gasteiger charge is 2.67. The van der Waals surface area contributed by atoms with E-state index >= 15 is 0 Å². The van der Waals surface area contributed by atoms with Crippen LogP contribution in [0.5, 0.6) is 0 Å². The Labute approximate surface area is 112 Å². The van der Waals surface area contributed by atoms with Crippen molar-refractivity contribution in [3.8, 4) is 0 Å². The van der Waals surface area contributed by atoms with E-state index < -0.39 is 17.6 Å². The van der Waals surface area contributed by atoms with Crippen molar-refractivity contribution in [3.63, 3.8) is 0 Å². The van der Waals surface area contributed by atoms with Crippen molar-refractivity contribution in [1.82, 2.24) is 19.5 Å². The van der Waals surface area contributed by atoms with Crippen LogP contribution in [0.3, 0.4) is 0 Å². The first-order valence-electron chi connectivity index (χ1n) is 5.99. The number of carbonyl (C=O) groups excluding carboxylic acids is 1. The molecule has 1 aliphatic rings. The molecule has 0 unspecified atom stereocenters. The summed E-state index contributed by atoms with van der Waals surface area (Å²) in [6.07, 6.45) is 1.15. The van der Waals surface area contributed by atoms with Crippen molar-refractivity contribution in [3.05, 3.63) is 30.4 Å². The molecule has 2 aromatic rings. The minimum absolute atomic E-state index is 0.0593. The molecule has 1 aliphatic carbocycles. The summed E-state index contributed by atoms with van der Waals surface area (Å²) >= 11 is 0. The zero-order chi connectivity index (χ0) is 14.5. The monoisotopic (exact) mass is 284 g/mol. The third-order valence-corrected chi connectivity index (χ3v) is 3.75. The Morgan fingerprint density at radius 1 is 1.40 bits per heavy atom. The second-order valence-electron chi connectivity index (χ2n) is 4.86. The number of hydrogen-bond donors (Lipinski definition) is 0. The molecule has 1 fully saturated rings. The standard InChI is InChI=1S/C12H11F3N4O/c1-18(11(2-3-11)12(13,14)15)10(20)8-6-17-19-5-4-16-7-9(8)19/h4-7H,2-3H2,1H3. The van der Waals surface area contributed by atoms with E-state index in [9.17, 15) is 18.0 Å². The summed E-state index contributed by atoms with van der Waals surface area (Å²) in [4.78, 5) is 16.9. The fourth-order valence-corrected chi connectivity index (χ4v) is 2.30. The highest BCUT2D eigenvalue weighted by molar-refractivity contribution is 6.00. The van der Waals surface area contributed by atoms with Gasteiger partial charge >= 0.3 is 6.18 Å². The van der Waals surface area contributed by atoms with Crippen LogP contribution >= 0.6 is 0 Å². The first-order chi connectivity index (χ1) is 9.37. The summed E-state index contributed by atoms with van der Waals surface area (Å²) in [5.74, 6) is -0.692. The second-order valence-corrected chi connectivity index (χ2v) is 4.86. The molecule has 0 aromatic carbocycles. The third-order valence-electron chi connectivity index (χ3n) is 3.75. The Hall–Kier alpha value is -2.12. The molecule has 2 heterocycles. The van der Waals surface area contributed by atoms with Crippen LogP contribution in [0.15, 0.2) is 24.8 Å². The van der Waals surface area contributed by atoms with Gasteiger partial charge in [0.05, 0.1) is 23.5 Å². The number of carbonyl (C=O) groups is 1. The van der Waals surface area contributed by atoms with Crippen LogP contribution in [0, 0.1) is 0 Å². The van der Waals surface area contributed by atoms with Crippen LogP contribution in [0.4, 0.5) is 13.2 Å². The molecule has 8 heteroatoms. The van der Waals surface area contributed by atoms with E-state index in [0.717, 1.165) is 4.90 Å². The van der Waals surface area contributed by atoms with Gasteiger partial charge in [-0.3, -0.25) is 9.78 Å². The van der Waals surface area contributed by atoms with Crippen molar-refractivity contribution in [2.75, 3.05) is 7.05 Å². The van der Waals surface area contributed by atoms with Gasteiger partial charge in [-0.15, -0.1) is 0 Å². The lowest BCUT2D eigenvalue weighted by Gasteiger charge is -2.29. The molecule has 0 saturated heterocycles. The van der Waals surface area contributed by atoms with Gasteiger partial charge in [0.15, 0.2) is 0 Å². The zero-order valence-electron chi connectivity index (χ0n) is 10.6. The smallest absolute Gasteiger partial charge is 0.327 e. The number of hydrogen-bond acceptors (Lipinski definition) is 3. The molecule has 0 radical (unpaired) electrons. The number of halogens is 3. The van der Waals surface area contributed by atoms with E-state index in [0.29, 0.717) is 5.52 Å². The number of rotatable bonds is 2. The maximum Gasteiger partial charge on any atom is 0.411 e. The molecule has 1 saturated carbocycles. The molecular weight excluding hydrogens is 273 g/mol. The van der Waals surface area contributed by atoms with Crippen molar-refractivity contribution in [1.29, 1.82) is 0 Å². The number of amides is 1. The third kappa shape index (κ3) is 1.67. The quantitative estimate of drug-likeness (QED) is 0.846. The lowest BCUT2D eigenvalue weighted by molar-refractivity contribution is -0.185. The van der Waals surface area contributed by atoms with Crippen LogP contribution in [0.2, 0.25) is 0 Å². The molecular formula is C12H11F3N4O. The summed E-state index contributed by atoms with van der Waals surface area (Å²) in [6.45, 7) is 0. The fourth-order valence-electron chi connectivity index (χ4n) is 2.30. The summed E-state index contributed by atoms with van der Waals surface area (Å²) in [6, 6.07) is 0. The summed E-state index contributed by atoms with van der Waals surface area (Å²) in [5.41, 5.74) is -1.51. The largest absolute Gasteiger partial charge is 0.411 e. The zero-order valence-corrected chi connectivity index (χ0v) is 10.6. The molecule has 5 nitrogen and oxygen atoms in total. The second kappa shape index (κ2) is 3.94. The molecule has 0 spiro atoms. The summed E-state index contributed by atoms with van der Waals surface area (Å²) < 4.78 is 40.5. The number of nitrogens with zero attached hydrogens (tertiary/aromatic N) is 4. The van der Waals surface area contributed by atoms with Crippen LogP contribution in [0.25, 0.3) is 5.52 Å². The summed E-state index contributed by atoms with van der Waals surface area (Å²) in [5, 5.41) is 3.93. The summed E-state index contributed by atoms with van der Waals surface area (Å²) in [7, 11) is 1.18. The Morgan fingerprint density at radius 3 is 2.70 bits per heavy atom. The van der Waals surface area contributed by atoms with Crippen LogP contribution in [-0.4, -0.2) is 44.2 Å². The van der Waals surface area contributed by atoms with Gasteiger partial charge in [-0.2, -0.15) is 18.3 Å². The Balaban J connectivity index is 1.97. The predicted molar refractivity (Wildman–Crippen MR) is 63.1 cm³/mol. The average molecular weight is 284 g/mol. The van der Waals surface area contributed by atoms with E-state index in [4.69, 9.17) is 0 Å². The minimum atomic E-state index is -4.42. The molecule has 0 N–H and O–H groups in total. The molecule has 0 atom stereocenters. The first-order valence-corrected chi connectivity index (χ1v) is 5.99. The molecule has 0 aliphatic heterocycles. The van der Waals surface area contributed by atoms with E-state index in [2.05, 4.69) is 10.1 Å². The Kier molecular flexibility index (Phi) is 2.54. The molecule has 1 amide bonds. The lowest BCUT2D eigenvalue weighted by atomic mass is 10.1. The van der Waals surface area contributed by atoms with E-state index in [1.165, 1.54) is 36.4 Å². The Bertz CT molecular complexity index is 675. The van der Waals surface area contributed by atoms with Crippen molar-refractivity contribution in [2.24, 2.45) is 0 Å². The van der Waals surface area contributed by atoms with Gasteiger partial charge in [-0.1, -0.05) is 0 Å². The van der Waals surface area contributed by atoms with Crippen LogP contribution < -0.4 is 0 Å². The van der Waals surface area contributed by atoms with Gasteiger partial charge in [0.2, 0.25) is 0 Å². The minimum Gasteiger partial charge on any atom is -0.327 e. The molecule has 0 bridgehead atoms. The maximum atomic E-state index is 13.0. The number of alkyl halides is 3. The van der Waals surface area contributed by atoms with Crippen LogP contribution in [-0.2, 0) is 0 Å². The van der Waals surface area contributed by atoms with E-state index in [1.54, 1.807) is 0 Å². The molecule has 106 valence electrons. The molecule has 3 rings (SSSR count). The Morgan fingerprint density at radius 2 is 2.10 bits per heavy atom. The highest BCUT2D eigenvalue weighted by atomic mass is 19.4.